The molecular formula is C28H18ClN3O3S2. The topological polar surface area (TPSA) is 63.6 Å². The number of thiocarbonyl (C=S) groups is 1. The molecule has 1 aliphatic heterocycles. The molecule has 0 saturated carbocycles. The van der Waals surface area contributed by atoms with Gasteiger partial charge in [-0.25, -0.2) is 0 Å². The van der Waals surface area contributed by atoms with Gasteiger partial charge in [-0.3, -0.25) is 19.8 Å². The lowest BCUT2D eigenvalue weighted by atomic mass is 10.1. The summed E-state index contributed by atoms with van der Waals surface area (Å²) in [5.41, 5.74) is 1.74. The summed E-state index contributed by atoms with van der Waals surface area (Å²) in [7, 11) is 0. The van der Waals surface area contributed by atoms with Crippen LogP contribution in [0.15, 0.2) is 103 Å². The molecule has 0 bridgehead atoms. The Balaban J connectivity index is 1.45. The fraction of sp³-hybridized carbons (Fsp3) is 0. The van der Waals surface area contributed by atoms with E-state index in [2.05, 4.69) is 5.32 Å². The van der Waals surface area contributed by atoms with Crippen molar-refractivity contribution in [3.8, 4) is 17.2 Å². The average Bonchev–Trinajstić information content (AvgIpc) is 2.89. The van der Waals surface area contributed by atoms with Gasteiger partial charge in [0.2, 0.25) is 0 Å². The highest BCUT2D eigenvalue weighted by molar-refractivity contribution is 7.80. The first-order chi connectivity index (χ1) is 17.9. The molecule has 5 rings (SSSR count). The number of carbonyl (C=O) groups excluding carboxylic acids is 2. The normalized spacial score (nSPS) is 14.6. The second kappa shape index (κ2) is 10.5. The average molecular weight is 544 g/mol. The summed E-state index contributed by atoms with van der Waals surface area (Å²) in [5, 5.41) is 3.20. The Morgan fingerprint density at radius 1 is 0.784 bits per heavy atom. The molecule has 6 nitrogen and oxygen atoms in total. The van der Waals surface area contributed by atoms with E-state index >= 15 is 0 Å². The highest BCUT2D eigenvalue weighted by Gasteiger charge is 2.34. The number of nitrogens with one attached hydrogen (secondary N) is 1. The molecule has 1 aliphatic rings. The largest absolute Gasteiger partial charge is 0.457 e. The van der Waals surface area contributed by atoms with Gasteiger partial charge in [-0.15, -0.1) is 0 Å². The van der Waals surface area contributed by atoms with E-state index < -0.39 is 11.8 Å². The van der Waals surface area contributed by atoms with Crippen molar-refractivity contribution in [3.05, 3.63) is 118 Å². The standard InChI is InChI=1S/C28H18ClN3O3S2/c29-19-8-10-20(11-9-19)31-16-4-5-18(27(31)36)17-24-25(33)30-28(37)32(26(24)34)21-12-14-23(15-13-21)35-22-6-2-1-3-7-22/h1-17H,(H,30,33,37). The van der Waals surface area contributed by atoms with Crippen LogP contribution in [-0.2, 0) is 9.59 Å². The molecule has 0 atom stereocenters. The molecular weight excluding hydrogens is 526 g/mol. The Morgan fingerprint density at radius 2 is 1.43 bits per heavy atom. The van der Waals surface area contributed by atoms with Crippen molar-refractivity contribution in [3.63, 3.8) is 0 Å². The van der Waals surface area contributed by atoms with E-state index in [1.54, 1.807) is 59.3 Å². The van der Waals surface area contributed by atoms with E-state index in [0.29, 0.717) is 32.4 Å². The fourth-order valence-corrected chi connectivity index (χ4v) is 4.46. The highest BCUT2D eigenvalue weighted by atomic mass is 35.5. The molecule has 1 fully saturated rings. The van der Waals surface area contributed by atoms with Gasteiger partial charge >= 0.3 is 0 Å². The number of para-hydroxylation sites is 1. The summed E-state index contributed by atoms with van der Waals surface area (Å²) in [6.45, 7) is 0. The van der Waals surface area contributed by atoms with Gasteiger partial charge < -0.3 is 9.30 Å². The summed E-state index contributed by atoms with van der Waals surface area (Å²) >= 11 is 17.0. The predicted molar refractivity (Wildman–Crippen MR) is 151 cm³/mol. The van der Waals surface area contributed by atoms with Crippen LogP contribution in [-0.4, -0.2) is 21.5 Å². The van der Waals surface area contributed by atoms with Gasteiger partial charge in [0.25, 0.3) is 11.8 Å². The van der Waals surface area contributed by atoms with Crippen molar-refractivity contribution in [2.24, 2.45) is 0 Å². The van der Waals surface area contributed by atoms with Gasteiger partial charge in [0, 0.05) is 22.5 Å². The van der Waals surface area contributed by atoms with E-state index in [0.717, 1.165) is 5.69 Å². The van der Waals surface area contributed by atoms with Gasteiger partial charge in [-0.2, -0.15) is 0 Å². The van der Waals surface area contributed by atoms with Crippen LogP contribution < -0.4 is 15.0 Å². The van der Waals surface area contributed by atoms with Crippen LogP contribution in [0.4, 0.5) is 5.69 Å². The van der Waals surface area contributed by atoms with Crippen LogP contribution in [0.3, 0.4) is 0 Å². The second-order valence-electron chi connectivity index (χ2n) is 7.98. The van der Waals surface area contributed by atoms with Crippen LogP contribution in [0.1, 0.15) is 5.56 Å². The zero-order valence-corrected chi connectivity index (χ0v) is 21.5. The maximum Gasteiger partial charge on any atom is 0.270 e. The molecule has 37 heavy (non-hydrogen) atoms. The summed E-state index contributed by atoms with van der Waals surface area (Å²) in [4.78, 5) is 27.5. The molecule has 1 saturated heterocycles. The Labute approximate surface area is 228 Å². The van der Waals surface area contributed by atoms with E-state index in [1.165, 1.54) is 11.0 Å². The molecule has 1 aromatic heterocycles. The smallest absolute Gasteiger partial charge is 0.270 e. The van der Waals surface area contributed by atoms with Gasteiger partial charge in [0.1, 0.15) is 21.7 Å². The van der Waals surface area contributed by atoms with Crippen molar-refractivity contribution in [2.45, 2.75) is 0 Å². The fourth-order valence-electron chi connectivity index (χ4n) is 3.76. The number of anilines is 1. The molecule has 2 heterocycles. The van der Waals surface area contributed by atoms with Gasteiger partial charge in [0.05, 0.1) is 5.69 Å². The molecule has 1 N–H and O–H groups in total. The first-order valence-electron chi connectivity index (χ1n) is 11.1. The number of hydrogen-bond acceptors (Lipinski definition) is 5. The summed E-state index contributed by atoms with van der Waals surface area (Å²) in [6, 6.07) is 26.9. The predicted octanol–water partition coefficient (Wildman–Crippen LogP) is 6.48. The van der Waals surface area contributed by atoms with E-state index in [1.807, 2.05) is 42.5 Å². The summed E-state index contributed by atoms with van der Waals surface area (Å²) < 4.78 is 8.03. The van der Waals surface area contributed by atoms with Gasteiger partial charge in [-0.1, -0.05) is 48.1 Å². The van der Waals surface area contributed by atoms with E-state index in [-0.39, 0.29) is 10.7 Å². The molecule has 0 spiro atoms. The Morgan fingerprint density at radius 3 is 2.14 bits per heavy atom. The monoisotopic (exact) mass is 543 g/mol. The number of nitrogens with zero attached hydrogens (tertiary/aromatic N) is 2. The van der Waals surface area contributed by atoms with Crippen LogP contribution >= 0.6 is 36.0 Å². The van der Waals surface area contributed by atoms with Gasteiger partial charge in [-0.05, 0) is 85.0 Å². The van der Waals surface area contributed by atoms with Crippen molar-refractivity contribution in [1.82, 2.24) is 9.88 Å². The molecule has 4 aromatic rings. The molecule has 0 unspecified atom stereocenters. The first kappa shape index (κ1) is 24.6. The number of hydrogen-bond donors (Lipinski definition) is 1. The third kappa shape index (κ3) is 5.22. The molecule has 9 heteroatoms. The maximum atomic E-state index is 13.5. The highest BCUT2D eigenvalue weighted by Crippen LogP contribution is 2.27. The minimum atomic E-state index is -0.591. The van der Waals surface area contributed by atoms with Crippen molar-refractivity contribution in [2.75, 3.05) is 4.90 Å². The lowest BCUT2D eigenvalue weighted by Crippen LogP contribution is -2.54. The molecule has 182 valence electrons. The van der Waals surface area contributed by atoms with Crippen molar-refractivity contribution in [1.29, 1.82) is 0 Å². The van der Waals surface area contributed by atoms with Gasteiger partial charge in [0.15, 0.2) is 5.11 Å². The van der Waals surface area contributed by atoms with Crippen LogP contribution in [0.5, 0.6) is 11.5 Å². The number of carbonyl (C=O) groups is 2. The first-order valence-corrected chi connectivity index (χ1v) is 12.3. The van der Waals surface area contributed by atoms with Crippen LogP contribution in [0, 0.1) is 4.64 Å². The molecule has 2 amide bonds. The van der Waals surface area contributed by atoms with Crippen LogP contribution in [0.2, 0.25) is 5.02 Å². The zero-order valence-electron chi connectivity index (χ0n) is 19.1. The maximum absolute atomic E-state index is 13.5. The lowest BCUT2D eigenvalue weighted by Gasteiger charge is -2.29. The minimum Gasteiger partial charge on any atom is -0.457 e. The Bertz CT molecular complexity index is 1600. The number of benzene rings is 3. The third-order valence-corrected chi connectivity index (χ3v) is 6.53. The number of amides is 2. The number of aromatic nitrogens is 1. The quantitative estimate of drug-likeness (QED) is 0.177. The minimum absolute atomic E-state index is 0.00763. The molecule has 3 aromatic carbocycles. The third-order valence-electron chi connectivity index (χ3n) is 5.56. The van der Waals surface area contributed by atoms with Crippen LogP contribution in [0.25, 0.3) is 11.8 Å². The second-order valence-corrected chi connectivity index (χ2v) is 9.19. The van der Waals surface area contributed by atoms with E-state index in [4.69, 9.17) is 40.8 Å². The summed E-state index contributed by atoms with van der Waals surface area (Å²) in [6.07, 6.45) is 3.28. The zero-order chi connectivity index (χ0) is 25.9. The number of pyridine rings is 1. The van der Waals surface area contributed by atoms with E-state index in [9.17, 15) is 9.59 Å². The SMILES string of the molecule is O=C1NC(=S)N(c2ccc(Oc3ccccc3)cc2)C(=O)C1=Cc1cccn(-c2ccc(Cl)cc2)c1=S. The van der Waals surface area contributed by atoms with Crippen molar-refractivity contribution < 1.29 is 14.3 Å². The molecule has 0 aliphatic carbocycles. The Hall–Kier alpha value is -4.11. The Kier molecular flexibility index (Phi) is 6.96. The van der Waals surface area contributed by atoms with Crippen molar-refractivity contribution >= 4 is 64.7 Å². The number of halogens is 1. The summed E-state index contributed by atoms with van der Waals surface area (Å²) in [5.74, 6) is 0.140. The number of rotatable bonds is 5. The molecule has 0 radical (unpaired) electrons. The lowest BCUT2D eigenvalue weighted by molar-refractivity contribution is -0.122. The number of ether oxygens (including phenoxy) is 1.